The summed E-state index contributed by atoms with van der Waals surface area (Å²) in [5.74, 6) is 0.190. The van der Waals surface area contributed by atoms with Gasteiger partial charge in [-0.15, -0.1) is 24.3 Å². The van der Waals surface area contributed by atoms with Gasteiger partial charge in [-0.1, -0.05) is 150 Å². The Morgan fingerprint density at radius 3 is 1.92 bits per heavy atom. The zero-order chi connectivity index (χ0) is 42.8. The van der Waals surface area contributed by atoms with Gasteiger partial charge < -0.3 is 9.67 Å². The first kappa shape index (κ1) is 41.7. The number of aromatic nitrogens is 3. The average Bonchev–Trinajstić information content (AvgIpc) is 3.62. The molecule has 0 aliphatic rings. The van der Waals surface area contributed by atoms with Crippen LogP contribution in [0.5, 0.6) is 5.75 Å². The minimum absolute atomic E-state index is 0. The molecule has 63 heavy (non-hydrogen) atoms. The van der Waals surface area contributed by atoms with Crippen molar-refractivity contribution in [2.24, 2.45) is 0 Å². The first-order chi connectivity index (χ1) is 29.9. The number of phenolic OH excluding ortho intramolecular Hbond substituents is 1. The van der Waals surface area contributed by atoms with E-state index < -0.39 is 0 Å². The van der Waals surface area contributed by atoms with Gasteiger partial charge in [-0.05, 0) is 110 Å². The molecule has 3 heterocycles. The van der Waals surface area contributed by atoms with Crippen molar-refractivity contribution in [3.63, 3.8) is 0 Å². The van der Waals surface area contributed by atoms with E-state index >= 15 is 0 Å². The van der Waals surface area contributed by atoms with Crippen molar-refractivity contribution in [1.82, 2.24) is 14.5 Å². The van der Waals surface area contributed by atoms with E-state index in [1.54, 1.807) is 6.07 Å². The van der Waals surface area contributed by atoms with Crippen molar-refractivity contribution < 1.29 is 26.2 Å². The molecule has 0 spiro atoms. The second kappa shape index (κ2) is 16.3. The number of fused-ring (bicyclic) bond motifs is 4. The number of phenols is 1. The fraction of sp³-hybridized carbons (Fsp3) is 0.138. The number of rotatable bonds is 6. The SMILES string of the molecule is CC(C)(C)c1cc(-c2cc(-c3[c-]c(-c4ncccc4-c4ccc5c(c4)c4ccccc4n5-c4ccc5ccccc5c4)ccc3)nc(-c3ccccc3O)c2)cc(C(C)(C)C)c1.[Pt]. The summed E-state index contributed by atoms with van der Waals surface area (Å²) >= 11 is 0. The van der Waals surface area contributed by atoms with Gasteiger partial charge in [0.05, 0.1) is 16.7 Å². The smallest absolute Gasteiger partial charge is 0.124 e. The summed E-state index contributed by atoms with van der Waals surface area (Å²) in [4.78, 5) is 10.2. The summed E-state index contributed by atoms with van der Waals surface area (Å²) in [7, 11) is 0. The largest absolute Gasteiger partial charge is 0.507 e. The van der Waals surface area contributed by atoms with E-state index in [2.05, 4.69) is 192 Å². The molecule has 0 saturated carbocycles. The number of aromatic hydroxyl groups is 1. The van der Waals surface area contributed by atoms with Crippen molar-refractivity contribution in [3.05, 3.63) is 193 Å². The van der Waals surface area contributed by atoms with Crippen molar-refractivity contribution in [2.45, 2.75) is 52.4 Å². The number of hydrogen-bond donors (Lipinski definition) is 1. The van der Waals surface area contributed by atoms with Crippen molar-refractivity contribution in [3.8, 4) is 67.5 Å². The van der Waals surface area contributed by atoms with Gasteiger partial charge in [0, 0.05) is 60.7 Å². The van der Waals surface area contributed by atoms with Crippen LogP contribution in [0.1, 0.15) is 52.7 Å². The van der Waals surface area contributed by atoms with Gasteiger partial charge in [0.2, 0.25) is 0 Å². The summed E-state index contributed by atoms with van der Waals surface area (Å²) in [6.45, 7) is 13.6. The van der Waals surface area contributed by atoms with Crippen LogP contribution in [0.15, 0.2) is 176 Å². The van der Waals surface area contributed by atoms with Gasteiger partial charge in [-0.3, -0.25) is 9.97 Å². The van der Waals surface area contributed by atoms with Gasteiger partial charge >= 0.3 is 0 Å². The van der Waals surface area contributed by atoms with Gasteiger partial charge in [-0.25, -0.2) is 0 Å². The van der Waals surface area contributed by atoms with Crippen molar-refractivity contribution in [2.75, 3.05) is 0 Å². The van der Waals surface area contributed by atoms with E-state index in [1.165, 1.54) is 38.2 Å². The third-order valence-corrected chi connectivity index (χ3v) is 12.1. The Morgan fingerprint density at radius 1 is 0.492 bits per heavy atom. The molecule has 3 aromatic heterocycles. The van der Waals surface area contributed by atoms with Crippen LogP contribution < -0.4 is 0 Å². The molecular formula is C58H48N3OPt-. The standard InChI is InChI=1S/C58H48N3O.Pt/c1-57(2,3)44-30-42(31-45(36-44)58(4,5)6)43-34-51(60-52(35-43)49-20-10-12-23-55(49)62)40-17-13-18-41(29-40)56-47(21-14-28-59-56)39-25-27-54-50(33-39)48-19-9-11-22-53(48)61(54)46-26-24-37-15-7-8-16-38(37)32-46;/h7-28,30-36,62H,1-6H3;/q-1;. The third kappa shape index (κ3) is 7.90. The Hall–Kier alpha value is -6.61. The molecule has 0 unspecified atom stereocenters. The second-order valence-electron chi connectivity index (χ2n) is 18.4. The number of para-hydroxylation sites is 2. The van der Waals surface area contributed by atoms with Crippen LogP contribution in [-0.4, -0.2) is 19.6 Å². The monoisotopic (exact) mass is 997 g/mol. The minimum Gasteiger partial charge on any atom is -0.507 e. The maximum absolute atomic E-state index is 11.1. The number of benzene rings is 7. The van der Waals surface area contributed by atoms with Crippen LogP contribution in [0, 0.1) is 6.07 Å². The molecule has 1 N–H and O–H groups in total. The molecule has 4 nitrogen and oxygen atoms in total. The Bertz CT molecular complexity index is 3320. The summed E-state index contributed by atoms with van der Waals surface area (Å²) < 4.78 is 2.37. The molecule has 0 radical (unpaired) electrons. The summed E-state index contributed by atoms with van der Waals surface area (Å²) in [5, 5.41) is 15.9. The van der Waals surface area contributed by atoms with E-state index in [-0.39, 0.29) is 37.6 Å². The van der Waals surface area contributed by atoms with Crippen LogP contribution in [-0.2, 0) is 31.9 Å². The topological polar surface area (TPSA) is 50.9 Å². The Balaban J connectivity index is 0.00000504. The number of pyridine rings is 2. The molecule has 0 saturated heterocycles. The molecule has 0 aliphatic carbocycles. The normalized spacial score (nSPS) is 11.9. The van der Waals surface area contributed by atoms with E-state index in [0.29, 0.717) is 11.3 Å². The predicted octanol–water partition coefficient (Wildman–Crippen LogP) is 15.2. The fourth-order valence-electron chi connectivity index (χ4n) is 8.67. The molecular weight excluding hydrogens is 950 g/mol. The maximum atomic E-state index is 11.1. The first-order valence-corrected chi connectivity index (χ1v) is 21.4. The summed E-state index contributed by atoms with van der Waals surface area (Å²) in [6.07, 6.45) is 1.85. The van der Waals surface area contributed by atoms with Gasteiger partial charge in [-0.2, -0.15) is 0 Å². The first-order valence-electron chi connectivity index (χ1n) is 21.4. The summed E-state index contributed by atoms with van der Waals surface area (Å²) in [6, 6.07) is 63.4. The predicted molar refractivity (Wildman–Crippen MR) is 259 cm³/mol. The van der Waals surface area contributed by atoms with Crippen molar-refractivity contribution >= 4 is 32.6 Å². The van der Waals surface area contributed by atoms with Crippen LogP contribution in [0.4, 0.5) is 0 Å². The van der Waals surface area contributed by atoms with Crippen molar-refractivity contribution in [1.29, 1.82) is 0 Å². The zero-order valence-corrected chi connectivity index (χ0v) is 38.6. The Morgan fingerprint density at radius 2 is 1.14 bits per heavy atom. The third-order valence-electron chi connectivity index (χ3n) is 12.1. The number of nitrogens with zero attached hydrogens (tertiary/aromatic N) is 3. The van der Waals surface area contributed by atoms with E-state index in [9.17, 15) is 5.11 Å². The van der Waals surface area contributed by atoms with Gasteiger partial charge in [0.25, 0.3) is 0 Å². The molecule has 0 amide bonds. The van der Waals surface area contributed by atoms with Crippen LogP contribution >= 0.6 is 0 Å². The minimum atomic E-state index is -0.0479. The molecule has 0 atom stereocenters. The molecule has 10 aromatic rings. The molecule has 5 heteroatoms. The molecule has 312 valence electrons. The van der Waals surface area contributed by atoms with Gasteiger partial charge in [0.15, 0.2) is 0 Å². The Kier molecular flexibility index (Phi) is 10.8. The summed E-state index contributed by atoms with van der Waals surface area (Å²) in [5.41, 5.74) is 14.8. The molecule has 0 bridgehead atoms. The average molecular weight is 998 g/mol. The van der Waals surface area contributed by atoms with Gasteiger partial charge in [0.1, 0.15) is 5.75 Å². The van der Waals surface area contributed by atoms with Crippen LogP contribution in [0.2, 0.25) is 0 Å². The van der Waals surface area contributed by atoms with E-state index in [1.807, 2.05) is 30.5 Å². The second-order valence-corrected chi connectivity index (χ2v) is 18.4. The van der Waals surface area contributed by atoms with E-state index in [0.717, 1.165) is 56.0 Å². The molecule has 7 aromatic carbocycles. The van der Waals surface area contributed by atoms with Crippen LogP contribution in [0.25, 0.3) is 94.3 Å². The zero-order valence-electron chi connectivity index (χ0n) is 36.3. The maximum Gasteiger partial charge on any atom is 0.124 e. The van der Waals surface area contributed by atoms with Crippen LogP contribution in [0.3, 0.4) is 0 Å². The Labute approximate surface area is 384 Å². The molecule has 0 aliphatic heterocycles. The number of hydrogen-bond acceptors (Lipinski definition) is 3. The fourth-order valence-corrected chi connectivity index (χ4v) is 8.67. The molecule has 10 rings (SSSR count). The molecule has 0 fully saturated rings. The quantitative estimate of drug-likeness (QED) is 0.169. The van der Waals surface area contributed by atoms with E-state index in [4.69, 9.17) is 9.97 Å².